The van der Waals surface area contributed by atoms with E-state index in [1.54, 1.807) is 0 Å². The van der Waals surface area contributed by atoms with E-state index in [0.717, 1.165) is 18.6 Å². The smallest absolute Gasteiger partial charge is 0.371 e. The monoisotopic (exact) mass is 274 g/mol. The molecule has 1 saturated heterocycles. The fourth-order valence-corrected chi connectivity index (χ4v) is 3.33. The Labute approximate surface area is 104 Å². The standard InChI is InChI=1S/C11H14O6S/c1-7-2-3-8(16-7)6-18(14,15)10-5-4-9(17-10)11(12)13/h4-5,7-8H,2-3,6H2,1H3,(H,12,13). The minimum Gasteiger partial charge on any atom is -0.475 e. The molecule has 2 rings (SSSR count). The van der Waals surface area contributed by atoms with Gasteiger partial charge in [-0.3, -0.25) is 0 Å². The Hall–Kier alpha value is -1.34. The number of ether oxygens (including phenoxy) is 1. The number of sulfone groups is 1. The van der Waals surface area contributed by atoms with Crippen molar-refractivity contribution in [1.82, 2.24) is 0 Å². The SMILES string of the molecule is CC1CCC(CS(=O)(=O)c2ccc(C(=O)O)o2)O1. The molecule has 1 N–H and O–H groups in total. The van der Waals surface area contributed by atoms with E-state index in [1.807, 2.05) is 6.92 Å². The molecule has 1 aromatic heterocycles. The van der Waals surface area contributed by atoms with E-state index < -0.39 is 15.8 Å². The van der Waals surface area contributed by atoms with Crippen LogP contribution >= 0.6 is 0 Å². The van der Waals surface area contributed by atoms with Crippen LogP contribution in [0.5, 0.6) is 0 Å². The average molecular weight is 274 g/mol. The highest BCUT2D eigenvalue weighted by atomic mass is 32.2. The topological polar surface area (TPSA) is 93.8 Å². The Morgan fingerprint density at radius 2 is 2.17 bits per heavy atom. The summed E-state index contributed by atoms with van der Waals surface area (Å²) in [4.78, 5) is 10.6. The van der Waals surface area contributed by atoms with E-state index in [4.69, 9.17) is 14.3 Å². The Morgan fingerprint density at radius 3 is 2.67 bits per heavy atom. The lowest BCUT2D eigenvalue weighted by Gasteiger charge is -2.09. The fraction of sp³-hybridized carbons (Fsp3) is 0.545. The van der Waals surface area contributed by atoms with Crippen LogP contribution in [0.25, 0.3) is 0 Å². The first-order valence-corrected chi connectivity index (χ1v) is 7.25. The summed E-state index contributed by atoms with van der Waals surface area (Å²) < 4.78 is 34.2. The molecule has 0 spiro atoms. The molecular weight excluding hydrogens is 260 g/mol. The van der Waals surface area contributed by atoms with E-state index in [9.17, 15) is 13.2 Å². The minimum absolute atomic E-state index is 0.0661. The predicted molar refractivity (Wildman–Crippen MR) is 61.3 cm³/mol. The molecule has 0 radical (unpaired) electrons. The Morgan fingerprint density at radius 1 is 1.44 bits per heavy atom. The second kappa shape index (κ2) is 4.74. The molecule has 2 unspecified atom stereocenters. The van der Waals surface area contributed by atoms with Gasteiger partial charge < -0.3 is 14.3 Å². The van der Waals surface area contributed by atoms with E-state index >= 15 is 0 Å². The summed E-state index contributed by atoms with van der Waals surface area (Å²) in [7, 11) is -3.63. The first-order valence-electron chi connectivity index (χ1n) is 5.60. The van der Waals surface area contributed by atoms with Gasteiger partial charge >= 0.3 is 5.97 Å². The summed E-state index contributed by atoms with van der Waals surface area (Å²) in [5.74, 6) is -1.85. The van der Waals surface area contributed by atoms with Crippen LogP contribution in [0.4, 0.5) is 0 Å². The Balaban J connectivity index is 2.12. The van der Waals surface area contributed by atoms with Crippen LogP contribution in [-0.2, 0) is 14.6 Å². The van der Waals surface area contributed by atoms with Gasteiger partial charge in [0, 0.05) is 0 Å². The highest BCUT2D eigenvalue weighted by Gasteiger charge is 2.30. The molecule has 0 aliphatic carbocycles. The normalized spacial score (nSPS) is 24.3. The van der Waals surface area contributed by atoms with Gasteiger partial charge in [0.2, 0.25) is 20.7 Å². The van der Waals surface area contributed by atoms with Crippen LogP contribution in [0, 0.1) is 0 Å². The van der Waals surface area contributed by atoms with Crippen molar-refractivity contribution in [2.75, 3.05) is 5.75 Å². The summed E-state index contributed by atoms with van der Waals surface area (Å²) in [6.45, 7) is 1.89. The first kappa shape index (κ1) is 13.1. The number of aromatic carboxylic acids is 1. The summed E-state index contributed by atoms with van der Waals surface area (Å²) in [6.07, 6.45) is 1.24. The lowest BCUT2D eigenvalue weighted by atomic mass is 10.2. The largest absolute Gasteiger partial charge is 0.475 e. The van der Waals surface area contributed by atoms with Gasteiger partial charge in [-0.05, 0) is 31.9 Å². The molecular formula is C11H14O6S. The number of carboxylic acids is 1. The number of furan rings is 1. The molecule has 1 aromatic rings. The zero-order chi connectivity index (χ0) is 13.3. The van der Waals surface area contributed by atoms with Gasteiger partial charge in [0.1, 0.15) is 0 Å². The summed E-state index contributed by atoms with van der Waals surface area (Å²) in [5.41, 5.74) is 0. The van der Waals surface area contributed by atoms with Crippen LogP contribution in [0.3, 0.4) is 0 Å². The van der Waals surface area contributed by atoms with Crippen molar-refractivity contribution in [2.24, 2.45) is 0 Å². The Bertz CT molecular complexity index is 544. The average Bonchev–Trinajstić information content (AvgIpc) is 2.86. The van der Waals surface area contributed by atoms with Gasteiger partial charge in [-0.15, -0.1) is 0 Å². The van der Waals surface area contributed by atoms with Crippen LogP contribution in [0.15, 0.2) is 21.6 Å². The van der Waals surface area contributed by atoms with Crippen LogP contribution in [0.1, 0.15) is 30.3 Å². The van der Waals surface area contributed by atoms with Crippen molar-refractivity contribution in [2.45, 2.75) is 37.1 Å². The molecule has 0 saturated carbocycles. The highest BCUT2D eigenvalue weighted by molar-refractivity contribution is 7.91. The maximum absolute atomic E-state index is 12.0. The number of hydrogen-bond donors (Lipinski definition) is 1. The van der Waals surface area contributed by atoms with Gasteiger partial charge in [0.15, 0.2) is 0 Å². The second-order valence-electron chi connectivity index (χ2n) is 4.35. The molecule has 1 aliphatic heterocycles. The fourth-order valence-electron chi connectivity index (χ4n) is 1.94. The third-order valence-electron chi connectivity index (χ3n) is 2.82. The van der Waals surface area contributed by atoms with E-state index in [-0.39, 0.29) is 28.8 Å². The summed E-state index contributed by atoms with van der Waals surface area (Å²) in [5, 5.41) is 8.35. The van der Waals surface area contributed by atoms with E-state index in [2.05, 4.69) is 0 Å². The van der Waals surface area contributed by atoms with Crippen molar-refractivity contribution in [3.63, 3.8) is 0 Å². The third-order valence-corrected chi connectivity index (χ3v) is 4.47. The molecule has 18 heavy (non-hydrogen) atoms. The van der Waals surface area contributed by atoms with Gasteiger partial charge in [0.05, 0.1) is 18.0 Å². The number of rotatable bonds is 4. The lowest BCUT2D eigenvalue weighted by molar-refractivity contribution is 0.0656. The van der Waals surface area contributed by atoms with Crippen LogP contribution in [0.2, 0.25) is 0 Å². The molecule has 6 nitrogen and oxygen atoms in total. The maximum atomic E-state index is 12.0. The zero-order valence-electron chi connectivity index (χ0n) is 9.83. The number of carbonyl (C=O) groups is 1. The highest BCUT2D eigenvalue weighted by Crippen LogP contribution is 2.24. The molecule has 7 heteroatoms. The van der Waals surface area contributed by atoms with Crippen molar-refractivity contribution < 1.29 is 27.5 Å². The van der Waals surface area contributed by atoms with Crippen molar-refractivity contribution >= 4 is 15.8 Å². The quantitative estimate of drug-likeness (QED) is 0.889. The number of carboxylic acid groups (broad SMARTS) is 1. The minimum atomic E-state index is -3.63. The molecule has 1 aliphatic rings. The second-order valence-corrected chi connectivity index (χ2v) is 6.32. The van der Waals surface area contributed by atoms with Gasteiger partial charge in [-0.25, -0.2) is 13.2 Å². The van der Waals surface area contributed by atoms with Crippen molar-refractivity contribution in [1.29, 1.82) is 0 Å². The van der Waals surface area contributed by atoms with Crippen LogP contribution < -0.4 is 0 Å². The molecule has 2 atom stereocenters. The van der Waals surface area contributed by atoms with Crippen LogP contribution in [-0.4, -0.2) is 37.5 Å². The molecule has 100 valence electrons. The van der Waals surface area contributed by atoms with E-state index in [1.165, 1.54) is 0 Å². The zero-order valence-corrected chi connectivity index (χ0v) is 10.6. The van der Waals surface area contributed by atoms with Crippen molar-refractivity contribution in [3.05, 3.63) is 17.9 Å². The molecule has 2 heterocycles. The molecule has 0 bridgehead atoms. The summed E-state index contributed by atoms with van der Waals surface area (Å²) in [6, 6.07) is 2.30. The maximum Gasteiger partial charge on any atom is 0.371 e. The van der Waals surface area contributed by atoms with Crippen molar-refractivity contribution in [3.8, 4) is 0 Å². The van der Waals surface area contributed by atoms with Gasteiger partial charge in [-0.1, -0.05) is 0 Å². The molecule has 0 amide bonds. The van der Waals surface area contributed by atoms with E-state index in [0.29, 0.717) is 6.42 Å². The number of hydrogen-bond acceptors (Lipinski definition) is 5. The first-order chi connectivity index (χ1) is 8.38. The van der Waals surface area contributed by atoms with Gasteiger partial charge in [0.25, 0.3) is 0 Å². The van der Waals surface area contributed by atoms with Gasteiger partial charge in [-0.2, -0.15) is 0 Å². The molecule has 1 fully saturated rings. The molecule has 0 aromatic carbocycles. The third kappa shape index (κ3) is 2.73. The Kier molecular flexibility index (Phi) is 3.45. The lowest BCUT2D eigenvalue weighted by Crippen LogP contribution is -2.21. The predicted octanol–water partition coefficient (Wildman–Crippen LogP) is 1.32. The summed E-state index contributed by atoms with van der Waals surface area (Å²) >= 11 is 0.